The smallest absolute Gasteiger partial charge is 0.329 e. The van der Waals surface area contributed by atoms with Crippen molar-refractivity contribution in [3.63, 3.8) is 0 Å². The minimum absolute atomic E-state index is 0.302. The van der Waals surface area contributed by atoms with E-state index in [0.717, 1.165) is 23.7 Å². The molecule has 0 bridgehead atoms. The summed E-state index contributed by atoms with van der Waals surface area (Å²) in [7, 11) is 0. The van der Waals surface area contributed by atoms with Gasteiger partial charge in [-0.25, -0.2) is 9.18 Å². The van der Waals surface area contributed by atoms with Crippen molar-refractivity contribution in [3.05, 3.63) is 41.9 Å². The van der Waals surface area contributed by atoms with Crippen molar-refractivity contribution in [2.75, 3.05) is 11.4 Å². The van der Waals surface area contributed by atoms with Crippen LogP contribution in [0, 0.1) is 5.82 Å². The van der Waals surface area contributed by atoms with Gasteiger partial charge in [0.1, 0.15) is 5.82 Å². The summed E-state index contributed by atoms with van der Waals surface area (Å²) in [5.74, 6) is -1.30. The first kappa shape index (κ1) is 9.71. The maximum Gasteiger partial charge on any atom is 0.329 e. The zero-order valence-electron chi connectivity index (χ0n) is 7.98. The lowest BCUT2D eigenvalue weighted by Crippen LogP contribution is -2.12. The number of carboxylic acids is 1. The predicted molar refractivity (Wildman–Crippen MR) is 54.2 cm³/mol. The Labute approximate surface area is 86.4 Å². The van der Waals surface area contributed by atoms with Gasteiger partial charge in [0, 0.05) is 24.5 Å². The molecule has 0 aromatic heterocycles. The van der Waals surface area contributed by atoms with Crippen LogP contribution in [0.5, 0.6) is 0 Å². The van der Waals surface area contributed by atoms with Crippen molar-refractivity contribution < 1.29 is 14.3 Å². The largest absolute Gasteiger partial charge is 0.478 e. The molecule has 0 aliphatic carbocycles. The number of rotatable bonds is 2. The quantitative estimate of drug-likeness (QED) is 0.751. The highest BCUT2D eigenvalue weighted by Gasteiger charge is 2.17. The average Bonchev–Trinajstić information content (AvgIpc) is 2.57. The second-order valence-corrected chi connectivity index (χ2v) is 3.37. The fourth-order valence-electron chi connectivity index (χ4n) is 1.69. The molecule has 0 unspecified atom stereocenters. The number of carboxylic acid groups (broad SMARTS) is 1. The van der Waals surface area contributed by atoms with E-state index in [-0.39, 0.29) is 5.82 Å². The Bertz CT molecular complexity index is 429. The first-order valence-electron chi connectivity index (χ1n) is 4.63. The Morgan fingerprint density at radius 2 is 2.33 bits per heavy atom. The lowest BCUT2D eigenvalue weighted by Gasteiger charge is -2.12. The van der Waals surface area contributed by atoms with Gasteiger partial charge in [0.25, 0.3) is 0 Å². The van der Waals surface area contributed by atoms with Gasteiger partial charge in [-0.2, -0.15) is 0 Å². The Balaban J connectivity index is 2.27. The van der Waals surface area contributed by atoms with Crippen LogP contribution in [0.1, 0.15) is 5.56 Å². The molecule has 1 aromatic carbocycles. The van der Waals surface area contributed by atoms with Crippen LogP contribution in [0.15, 0.2) is 30.5 Å². The van der Waals surface area contributed by atoms with Crippen LogP contribution < -0.4 is 4.90 Å². The summed E-state index contributed by atoms with van der Waals surface area (Å²) in [5, 5.41) is 8.49. The van der Waals surface area contributed by atoms with Gasteiger partial charge < -0.3 is 10.0 Å². The highest BCUT2D eigenvalue weighted by Crippen LogP contribution is 2.28. The molecule has 0 spiro atoms. The van der Waals surface area contributed by atoms with Crippen LogP contribution in [0.25, 0.3) is 0 Å². The number of nitrogens with zero attached hydrogens (tertiary/aromatic N) is 1. The SMILES string of the molecule is O=C(O)/C=C/N1CCc2ccc(F)cc21. The minimum atomic E-state index is -1.00. The van der Waals surface area contributed by atoms with Gasteiger partial charge in [-0.05, 0) is 24.1 Å². The first-order chi connectivity index (χ1) is 7.16. The number of fused-ring (bicyclic) bond motifs is 1. The monoisotopic (exact) mass is 207 g/mol. The molecule has 2 rings (SSSR count). The van der Waals surface area contributed by atoms with Crippen LogP contribution in [0.2, 0.25) is 0 Å². The molecule has 78 valence electrons. The van der Waals surface area contributed by atoms with Gasteiger partial charge in [-0.15, -0.1) is 0 Å². The van der Waals surface area contributed by atoms with E-state index in [1.807, 2.05) is 0 Å². The third kappa shape index (κ3) is 1.98. The number of hydrogen-bond acceptors (Lipinski definition) is 2. The highest BCUT2D eigenvalue weighted by atomic mass is 19.1. The highest BCUT2D eigenvalue weighted by molar-refractivity contribution is 5.80. The predicted octanol–water partition coefficient (Wildman–Crippen LogP) is 1.79. The van der Waals surface area contributed by atoms with Gasteiger partial charge in [-0.1, -0.05) is 6.07 Å². The topological polar surface area (TPSA) is 40.5 Å². The summed E-state index contributed by atoms with van der Waals surface area (Å²) < 4.78 is 13.0. The van der Waals surface area contributed by atoms with E-state index in [0.29, 0.717) is 6.54 Å². The molecule has 0 fully saturated rings. The molecule has 3 nitrogen and oxygen atoms in total. The third-order valence-corrected chi connectivity index (χ3v) is 2.38. The molecule has 0 saturated carbocycles. The molecule has 1 N–H and O–H groups in total. The molecule has 1 aliphatic heterocycles. The maximum absolute atomic E-state index is 13.0. The van der Waals surface area contributed by atoms with E-state index in [1.165, 1.54) is 18.3 Å². The zero-order chi connectivity index (χ0) is 10.8. The molecule has 1 heterocycles. The number of benzene rings is 1. The van der Waals surface area contributed by atoms with Crippen molar-refractivity contribution >= 4 is 11.7 Å². The van der Waals surface area contributed by atoms with E-state index < -0.39 is 5.97 Å². The first-order valence-corrected chi connectivity index (χ1v) is 4.63. The third-order valence-electron chi connectivity index (χ3n) is 2.38. The van der Waals surface area contributed by atoms with E-state index in [4.69, 9.17) is 5.11 Å². The van der Waals surface area contributed by atoms with E-state index in [9.17, 15) is 9.18 Å². The molecule has 15 heavy (non-hydrogen) atoms. The second-order valence-electron chi connectivity index (χ2n) is 3.37. The number of aliphatic carboxylic acids is 1. The van der Waals surface area contributed by atoms with Gasteiger partial charge in [0.2, 0.25) is 0 Å². The molecular formula is C11H10FNO2. The molecular weight excluding hydrogens is 197 g/mol. The molecule has 0 saturated heterocycles. The van der Waals surface area contributed by atoms with Crippen LogP contribution in [-0.4, -0.2) is 17.6 Å². The fraction of sp³-hybridized carbons (Fsp3) is 0.182. The Morgan fingerprint density at radius 3 is 3.07 bits per heavy atom. The average molecular weight is 207 g/mol. The van der Waals surface area contributed by atoms with Crippen LogP contribution >= 0.6 is 0 Å². The Morgan fingerprint density at radius 1 is 1.53 bits per heavy atom. The van der Waals surface area contributed by atoms with Gasteiger partial charge in [0.15, 0.2) is 0 Å². The van der Waals surface area contributed by atoms with Gasteiger partial charge >= 0.3 is 5.97 Å². The van der Waals surface area contributed by atoms with E-state index in [1.54, 1.807) is 11.0 Å². The lowest BCUT2D eigenvalue weighted by atomic mass is 10.2. The van der Waals surface area contributed by atoms with Crippen LogP contribution in [0.3, 0.4) is 0 Å². The van der Waals surface area contributed by atoms with Crippen molar-refractivity contribution in [3.8, 4) is 0 Å². The van der Waals surface area contributed by atoms with E-state index in [2.05, 4.69) is 0 Å². The number of anilines is 1. The summed E-state index contributed by atoms with van der Waals surface area (Å²) >= 11 is 0. The summed E-state index contributed by atoms with van der Waals surface area (Å²) in [6.45, 7) is 0.697. The standard InChI is InChI=1S/C11H10FNO2/c12-9-2-1-8-3-5-13(10(8)7-9)6-4-11(14)15/h1-2,4,6-7H,3,5H2,(H,14,15)/b6-4+. The normalized spacial score (nSPS) is 14.6. The van der Waals surface area contributed by atoms with Crippen molar-refractivity contribution in [2.45, 2.75) is 6.42 Å². The Kier molecular flexibility index (Phi) is 2.41. The maximum atomic E-state index is 13.0. The zero-order valence-corrected chi connectivity index (χ0v) is 7.98. The van der Waals surface area contributed by atoms with Crippen molar-refractivity contribution in [2.24, 2.45) is 0 Å². The van der Waals surface area contributed by atoms with Crippen LogP contribution in [-0.2, 0) is 11.2 Å². The van der Waals surface area contributed by atoms with Crippen LogP contribution in [0.4, 0.5) is 10.1 Å². The number of halogens is 1. The number of carbonyl (C=O) groups is 1. The molecule has 4 heteroatoms. The summed E-state index contributed by atoms with van der Waals surface area (Å²) in [4.78, 5) is 12.1. The molecule has 0 amide bonds. The minimum Gasteiger partial charge on any atom is -0.478 e. The molecule has 0 atom stereocenters. The van der Waals surface area contributed by atoms with Crippen molar-refractivity contribution in [1.29, 1.82) is 0 Å². The molecule has 0 radical (unpaired) electrons. The summed E-state index contributed by atoms with van der Waals surface area (Å²) in [6, 6.07) is 4.58. The van der Waals surface area contributed by atoms with E-state index >= 15 is 0 Å². The summed E-state index contributed by atoms with van der Waals surface area (Å²) in [5.41, 5.74) is 1.80. The van der Waals surface area contributed by atoms with Gasteiger partial charge in [-0.3, -0.25) is 0 Å². The van der Waals surface area contributed by atoms with Crippen molar-refractivity contribution in [1.82, 2.24) is 0 Å². The summed E-state index contributed by atoms with van der Waals surface area (Å²) in [6.07, 6.45) is 3.34. The molecule has 1 aliphatic rings. The lowest BCUT2D eigenvalue weighted by molar-refractivity contribution is -0.131. The second kappa shape index (κ2) is 3.73. The fourth-order valence-corrected chi connectivity index (χ4v) is 1.69. The van der Waals surface area contributed by atoms with Gasteiger partial charge in [0.05, 0.1) is 0 Å². The molecule has 1 aromatic rings. The number of hydrogen-bond donors (Lipinski definition) is 1. The Hall–Kier alpha value is -1.84.